The van der Waals surface area contributed by atoms with E-state index in [2.05, 4.69) is 25.7 Å². The minimum absolute atomic E-state index is 0.355. The monoisotopic (exact) mass is 221 g/mol. The van der Waals surface area contributed by atoms with E-state index in [4.69, 9.17) is 0 Å². The lowest BCUT2D eigenvalue weighted by Gasteiger charge is -2.24. The molecule has 0 amide bonds. The summed E-state index contributed by atoms with van der Waals surface area (Å²) >= 11 is 0. The topological polar surface area (TPSA) is 43.7 Å². The summed E-state index contributed by atoms with van der Waals surface area (Å²) in [7, 11) is 0. The summed E-state index contributed by atoms with van der Waals surface area (Å²) in [5.41, 5.74) is 3.11. The SMILES string of the molecule is CCN1C(C)c2ccc(C(O)O)cc2C1C. The van der Waals surface area contributed by atoms with Crippen molar-refractivity contribution >= 4 is 0 Å². The molecule has 0 saturated carbocycles. The molecule has 2 unspecified atom stereocenters. The highest BCUT2D eigenvalue weighted by Crippen LogP contribution is 2.41. The number of hydrogen-bond acceptors (Lipinski definition) is 3. The van der Waals surface area contributed by atoms with Gasteiger partial charge in [-0.3, -0.25) is 4.90 Å². The Kier molecular flexibility index (Phi) is 3.02. The maximum Gasteiger partial charge on any atom is 0.178 e. The first-order valence-electron chi connectivity index (χ1n) is 5.81. The molecule has 3 nitrogen and oxygen atoms in total. The highest BCUT2D eigenvalue weighted by Gasteiger charge is 2.32. The molecule has 0 aliphatic carbocycles. The molecule has 2 atom stereocenters. The van der Waals surface area contributed by atoms with E-state index < -0.39 is 6.29 Å². The van der Waals surface area contributed by atoms with E-state index in [0.717, 1.165) is 6.54 Å². The van der Waals surface area contributed by atoms with Crippen molar-refractivity contribution in [2.24, 2.45) is 0 Å². The molecule has 0 aromatic heterocycles. The lowest BCUT2D eigenvalue weighted by molar-refractivity contribution is -0.0425. The Bertz CT molecular complexity index is 390. The van der Waals surface area contributed by atoms with E-state index in [1.54, 1.807) is 6.07 Å². The molecular formula is C13H19NO2. The molecule has 0 spiro atoms. The van der Waals surface area contributed by atoms with Gasteiger partial charge >= 0.3 is 0 Å². The van der Waals surface area contributed by atoms with Gasteiger partial charge in [0.15, 0.2) is 6.29 Å². The number of hydrogen-bond donors (Lipinski definition) is 2. The zero-order valence-corrected chi connectivity index (χ0v) is 10.0. The molecule has 0 fully saturated rings. The first-order valence-corrected chi connectivity index (χ1v) is 5.81. The number of rotatable bonds is 2. The quantitative estimate of drug-likeness (QED) is 0.752. The second-order valence-electron chi connectivity index (χ2n) is 4.44. The van der Waals surface area contributed by atoms with Crippen molar-refractivity contribution < 1.29 is 10.2 Å². The summed E-state index contributed by atoms with van der Waals surface area (Å²) in [6, 6.07) is 6.50. The van der Waals surface area contributed by atoms with E-state index in [0.29, 0.717) is 17.6 Å². The van der Waals surface area contributed by atoms with Gasteiger partial charge in [0.25, 0.3) is 0 Å². The first-order chi connectivity index (χ1) is 7.56. The molecule has 88 valence electrons. The zero-order chi connectivity index (χ0) is 11.9. The van der Waals surface area contributed by atoms with Gasteiger partial charge in [0.1, 0.15) is 0 Å². The third kappa shape index (κ3) is 1.65. The van der Waals surface area contributed by atoms with Crippen molar-refractivity contribution in [3.05, 3.63) is 34.9 Å². The molecule has 1 aromatic rings. The molecule has 0 bridgehead atoms. The predicted octanol–water partition coefficient (Wildman–Crippen LogP) is 2.13. The Balaban J connectivity index is 2.43. The van der Waals surface area contributed by atoms with Crippen LogP contribution in [0.3, 0.4) is 0 Å². The van der Waals surface area contributed by atoms with Crippen molar-refractivity contribution in [3.63, 3.8) is 0 Å². The van der Waals surface area contributed by atoms with Crippen molar-refractivity contribution in [2.75, 3.05) is 6.54 Å². The van der Waals surface area contributed by atoms with Gasteiger partial charge in [0, 0.05) is 17.6 Å². The van der Waals surface area contributed by atoms with Crippen LogP contribution in [-0.2, 0) is 0 Å². The van der Waals surface area contributed by atoms with E-state index >= 15 is 0 Å². The van der Waals surface area contributed by atoms with Crippen LogP contribution in [0.25, 0.3) is 0 Å². The van der Waals surface area contributed by atoms with E-state index in [1.165, 1.54) is 11.1 Å². The van der Waals surface area contributed by atoms with Crippen LogP contribution in [0.5, 0.6) is 0 Å². The van der Waals surface area contributed by atoms with E-state index in [1.807, 2.05) is 12.1 Å². The smallest absolute Gasteiger partial charge is 0.178 e. The van der Waals surface area contributed by atoms with E-state index in [-0.39, 0.29) is 0 Å². The van der Waals surface area contributed by atoms with Crippen LogP contribution in [0.2, 0.25) is 0 Å². The van der Waals surface area contributed by atoms with Crippen molar-refractivity contribution in [3.8, 4) is 0 Å². The van der Waals surface area contributed by atoms with Crippen LogP contribution in [0, 0.1) is 0 Å². The molecule has 1 aromatic carbocycles. The summed E-state index contributed by atoms with van der Waals surface area (Å²) in [6.45, 7) is 7.52. The Morgan fingerprint density at radius 3 is 2.38 bits per heavy atom. The van der Waals surface area contributed by atoms with Gasteiger partial charge in [-0.05, 0) is 37.6 Å². The van der Waals surface area contributed by atoms with Gasteiger partial charge in [-0.2, -0.15) is 0 Å². The van der Waals surface area contributed by atoms with E-state index in [9.17, 15) is 10.2 Å². The van der Waals surface area contributed by atoms with Gasteiger partial charge in [-0.25, -0.2) is 0 Å². The number of fused-ring (bicyclic) bond motifs is 1. The predicted molar refractivity (Wildman–Crippen MR) is 62.8 cm³/mol. The lowest BCUT2D eigenvalue weighted by Crippen LogP contribution is -2.22. The van der Waals surface area contributed by atoms with Crippen LogP contribution >= 0.6 is 0 Å². The second-order valence-corrected chi connectivity index (χ2v) is 4.44. The van der Waals surface area contributed by atoms with Gasteiger partial charge < -0.3 is 10.2 Å². The fourth-order valence-corrected chi connectivity index (χ4v) is 2.74. The molecule has 1 heterocycles. The Hall–Kier alpha value is -0.900. The summed E-state index contributed by atoms with van der Waals surface area (Å²) < 4.78 is 0. The molecule has 1 aliphatic heterocycles. The van der Waals surface area contributed by atoms with Crippen molar-refractivity contribution in [1.82, 2.24) is 4.90 Å². The Labute approximate surface area is 96.3 Å². The summed E-state index contributed by atoms with van der Waals surface area (Å²) in [4.78, 5) is 2.40. The van der Waals surface area contributed by atoms with Gasteiger partial charge in [0.05, 0.1) is 0 Å². The summed E-state index contributed by atoms with van der Waals surface area (Å²) in [5.74, 6) is 0. The molecular weight excluding hydrogens is 202 g/mol. The minimum atomic E-state index is -1.37. The van der Waals surface area contributed by atoms with Crippen LogP contribution in [0.15, 0.2) is 18.2 Å². The summed E-state index contributed by atoms with van der Waals surface area (Å²) in [5, 5.41) is 18.3. The molecule has 2 N–H and O–H groups in total. The second kappa shape index (κ2) is 4.17. The Morgan fingerprint density at radius 1 is 1.19 bits per heavy atom. The van der Waals surface area contributed by atoms with Gasteiger partial charge in [0.2, 0.25) is 0 Å². The molecule has 0 radical (unpaired) electrons. The van der Waals surface area contributed by atoms with Gasteiger partial charge in [-0.1, -0.05) is 19.1 Å². The van der Waals surface area contributed by atoms with Crippen LogP contribution in [-0.4, -0.2) is 21.7 Å². The molecule has 1 aliphatic rings. The highest BCUT2D eigenvalue weighted by molar-refractivity contribution is 5.40. The average Bonchev–Trinajstić information content (AvgIpc) is 2.51. The number of aliphatic hydroxyl groups is 2. The highest BCUT2D eigenvalue weighted by atomic mass is 16.5. The van der Waals surface area contributed by atoms with Crippen LogP contribution < -0.4 is 0 Å². The largest absolute Gasteiger partial charge is 0.364 e. The normalized spacial score (nSPS) is 25.1. The molecule has 16 heavy (non-hydrogen) atoms. The number of aliphatic hydroxyl groups excluding tert-OH is 1. The molecule has 0 saturated heterocycles. The standard InChI is InChI=1S/C13H19NO2/c1-4-14-8(2)11-6-5-10(13(15)16)7-12(11)9(14)3/h5-9,13,15-16H,4H2,1-3H3. The number of nitrogens with zero attached hydrogens (tertiary/aromatic N) is 1. The van der Waals surface area contributed by atoms with Gasteiger partial charge in [-0.15, -0.1) is 0 Å². The Morgan fingerprint density at radius 2 is 1.81 bits per heavy atom. The average molecular weight is 221 g/mol. The van der Waals surface area contributed by atoms with Crippen LogP contribution in [0.4, 0.5) is 0 Å². The summed E-state index contributed by atoms with van der Waals surface area (Å²) in [6.07, 6.45) is -1.37. The minimum Gasteiger partial charge on any atom is -0.364 e. The molecule has 3 heteroatoms. The maximum absolute atomic E-state index is 9.17. The third-order valence-corrected chi connectivity index (χ3v) is 3.67. The first kappa shape index (κ1) is 11.6. The fourth-order valence-electron chi connectivity index (χ4n) is 2.74. The maximum atomic E-state index is 9.17. The zero-order valence-electron chi connectivity index (χ0n) is 10.0. The van der Waals surface area contributed by atoms with Crippen molar-refractivity contribution in [2.45, 2.75) is 39.1 Å². The third-order valence-electron chi connectivity index (χ3n) is 3.67. The van der Waals surface area contributed by atoms with Crippen molar-refractivity contribution in [1.29, 1.82) is 0 Å². The fraction of sp³-hybridized carbons (Fsp3) is 0.538. The lowest BCUT2D eigenvalue weighted by atomic mass is 10.00. The van der Waals surface area contributed by atoms with Crippen LogP contribution in [0.1, 0.15) is 55.8 Å². The number of benzene rings is 1. The molecule has 2 rings (SSSR count).